The summed E-state index contributed by atoms with van der Waals surface area (Å²) in [5, 5.41) is 2.82. The first-order chi connectivity index (χ1) is 14.0. The molecular weight excluding hydrogens is 368 g/mol. The van der Waals surface area contributed by atoms with E-state index in [0.29, 0.717) is 25.3 Å². The zero-order valence-electron chi connectivity index (χ0n) is 17.6. The first kappa shape index (κ1) is 22.3. The van der Waals surface area contributed by atoms with Gasteiger partial charge in [-0.15, -0.1) is 0 Å². The largest absolute Gasteiger partial charge is 0.497 e. The maximum Gasteiger partial charge on any atom is 0.261 e. The van der Waals surface area contributed by atoms with E-state index in [-0.39, 0.29) is 18.4 Å². The van der Waals surface area contributed by atoms with Crippen LogP contribution < -0.4 is 14.8 Å². The molecule has 0 aliphatic carbocycles. The molecule has 0 fully saturated rings. The maximum absolute atomic E-state index is 13.0. The molecule has 2 aromatic rings. The third-order valence-corrected chi connectivity index (χ3v) is 4.60. The standard InChI is InChI=1S/C23H30N2O4/c1-5-21(23(27)24-6-2)25(15-18-10-12-19(28-4)13-11-18)22(26)16-29-20-9-7-8-17(3)14-20/h7-14,21H,5-6,15-16H2,1-4H3,(H,24,27)/t21-/m0/s1. The van der Waals surface area contributed by atoms with Gasteiger partial charge in [0.15, 0.2) is 6.61 Å². The monoisotopic (exact) mass is 398 g/mol. The summed E-state index contributed by atoms with van der Waals surface area (Å²) in [5.41, 5.74) is 1.97. The quantitative estimate of drug-likeness (QED) is 0.667. The fraction of sp³-hybridized carbons (Fsp3) is 0.391. The fourth-order valence-electron chi connectivity index (χ4n) is 3.07. The highest BCUT2D eigenvalue weighted by molar-refractivity contribution is 5.88. The molecule has 0 saturated heterocycles. The Labute approximate surface area is 172 Å². The lowest BCUT2D eigenvalue weighted by Gasteiger charge is -2.30. The van der Waals surface area contributed by atoms with E-state index in [0.717, 1.165) is 16.9 Å². The van der Waals surface area contributed by atoms with Gasteiger partial charge in [-0.05, 0) is 55.7 Å². The predicted octanol–water partition coefficient (Wildman–Crippen LogP) is 3.33. The SMILES string of the molecule is CCNC(=O)[C@H](CC)N(Cc1ccc(OC)cc1)C(=O)COc1cccc(C)c1. The van der Waals surface area contributed by atoms with Crippen LogP contribution in [-0.4, -0.2) is 43.0 Å². The van der Waals surface area contributed by atoms with Crippen LogP contribution in [0.3, 0.4) is 0 Å². The zero-order valence-corrected chi connectivity index (χ0v) is 17.6. The zero-order chi connectivity index (χ0) is 21.2. The van der Waals surface area contributed by atoms with Crippen molar-refractivity contribution in [2.45, 2.75) is 39.8 Å². The minimum atomic E-state index is -0.564. The highest BCUT2D eigenvalue weighted by Gasteiger charge is 2.28. The number of rotatable bonds is 10. The molecule has 1 atom stereocenters. The van der Waals surface area contributed by atoms with Crippen LogP contribution in [0, 0.1) is 6.92 Å². The third-order valence-electron chi connectivity index (χ3n) is 4.60. The second-order valence-electron chi connectivity index (χ2n) is 6.79. The van der Waals surface area contributed by atoms with E-state index in [4.69, 9.17) is 9.47 Å². The lowest BCUT2D eigenvalue weighted by molar-refractivity contribution is -0.142. The Morgan fingerprint density at radius 3 is 2.38 bits per heavy atom. The van der Waals surface area contributed by atoms with E-state index in [2.05, 4.69) is 5.32 Å². The minimum Gasteiger partial charge on any atom is -0.497 e. The average molecular weight is 399 g/mol. The topological polar surface area (TPSA) is 67.9 Å². The van der Waals surface area contributed by atoms with Crippen LogP contribution in [-0.2, 0) is 16.1 Å². The van der Waals surface area contributed by atoms with Crippen molar-refractivity contribution in [3.63, 3.8) is 0 Å². The summed E-state index contributed by atoms with van der Waals surface area (Å²) in [6.45, 7) is 6.43. The maximum atomic E-state index is 13.0. The number of nitrogens with one attached hydrogen (secondary N) is 1. The van der Waals surface area contributed by atoms with Crippen LogP contribution in [0.25, 0.3) is 0 Å². The van der Waals surface area contributed by atoms with Gasteiger partial charge in [0, 0.05) is 13.1 Å². The number of likely N-dealkylation sites (N-methyl/N-ethyl adjacent to an activating group) is 1. The van der Waals surface area contributed by atoms with Gasteiger partial charge in [0.25, 0.3) is 5.91 Å². The van der Waals surface area contributed by atoms with E-state index in [9.17, 15) is 9.59 Å². The normalized spacial score (nSPS) is 11.4. The molecule has 0 aliphatic heterocycles. The number of amides is 2. The first-order valence-corrected chi connectivity index (χ1v) is 9.88. The number of hydrogen-bond acceptors (Lipinski definition) is 4. The molecule has 0 saturated carbocycles. The van der Waals surface area contributed by atoms with Crippen LogP contribution in [0.15, 0.2) is 48.5 Å². The molecule has 0 aromatic heterocycles. The number of benzene rings is 2. The first-order valence-electron chi connectivity index (χ1n) is 9.88. The molecule has 0 aliphatic rings. The lowest BCUT2D eigenvalue weighted by atomic mass is 10.1. The summed E-state index contributed by atoms with van der Waals surface area (Å²) >= 11 is 0. The van der Waals surface area contributed by atoms with E-state index in [1.54, 1.807) is 12.0 Å². The van der Waals surface area contributed by atoms with Gasteiger partial charge in [-0.2, -0.15) is 0 Å². The molecule has 0 radical (unpaired) electrons. The number of aryl methyl sites for hydroxylation is 1. The van der Waals surface area contributed by atoms with Crippen molar-refractivity contribution in [2.75, 3.05) is 20.3 Å². The van der Waals surface area contributed by atoms with Crippen LogP contribution in [0.4, 0.5) is 0 Å². The molecule has 0 spiro atoms. The Balaban J connectivity index is 2.18. The lowest BCUT2D eigenvalue weighted by Crippen LogP contribution is -2.50. The highest BCUT2D eigenvalue weighted by atomic mass is 16.5. The van der Waals surface area contributed by atoms with E-state index < -0.39 is 6.04 Å². The summed E-state index contributed by atoms with van der Waals surface area (Å²) in [6, 6.07) is 14.4. The smallest absolute Gasteiger partial charge is 0.261 e. The van der Waals surface area contributed by atoms with Crippen LogP contribution in [0.5, 0.6) is 11.5 Å². The van der Waals surface area contributed by atoms with Crippen LogP contribution >= 0.6 is 0 Å². The van der Waals surface area contributed by atoms with Gasteiger partial charge in [0.05, 0.1) is 7.11 Å². The minimum absolute atomic E-state index is 0.129. The molecule has 6 nitrogen and oxygen atoms in total. The van der Waals surface area contributed by atoms with E-state index in [1.807, 2.05) is 69.3 Å². The molecular formula is C23H30N2O4. The number of methoxy groups -OCH3 is 1. The summed E-state index contributed by atoms with van der Waals surface area (Å²) in [5.74, 6) is 0.979. The molecule has 0 bridgehead atoms. The van der Waals surface area contributed by atoms with Crippen molar-refractivity contribution >= 4 is 11.8 Å². The van der Waals surface area contributed by atoms with Crippen molar-refractivity contribution in [2.24, 2.45) is 0 Å². The molecule has 0 heterocycles. The van der Waals surface area contributed by atoms with Gasteiger partial charge in [-0.1, -0.05) is 31.2 Å². The predicted molar refractivity (Wildman–Crippen MR) is 113 cm³/mol. The van der Waals surface area contributed by atoms with Crippen molar-refractivity contribution in [3.05, 3.63) is 59.7 Å². The van der Waals surface area contributed by atoms with Gasteiger partial charge in [-0.25, -0.2) is 0 Å². The van der Waals surface area contributed by atoms with Crippen molar-refractivity contribution < 1.29 is 19.1 Å². The number of ether oxygens (including phenoxy) is 2. The Hall–Kier alpha value is -3.02. The van der Waals surface area contributed by atoms with Gasteiger partial charge < -0.3 is 19.7 Å². The number of hydrogen-bond donors (Lipinski definition) is 1. The van der Waals surface area contributed by atoms with Crippen molar-refractivity contribution in [1.82, 2.24) is 10.2 Å². The molecule has 29 heavy (non-hydrogen) atoms. The Kier molecular flexibility index (Phi) is 8.52. The summed E-state index contributed by atoms with van der Waals surface area (Å²) in [4.78, 5) is 27.2. The number of carbonyl (C=O) groups is 2. The molecule has 156 valence electrons. The van der Waals surface area contributed by atoms with E-state index in [1.165, 1.54) is 0 Å². The van der Waals surface area contributed by atoms with Gasteiger partial charge in [0.1, 0.15) is 17.5 Å². The molecule has 0 unspecified atom stereocenters. The Morgan fingerprint density at radius 2 is 1.79 bits per heavy atom. The summed E-state index contributed by atoms with van der Waals surface area (Å²) < 4.78 is 10.9. The van der Waals surface area contributed by atoms with Gasteiger partial charge in [-0.3, -0.25) is 9.59 Å². The van der Waals surface area contributed by atoms with Gasteiger partial charge >= 0.3 is 0 Å². The van der Waals surface area contributed by atoms with E-state index >= 15 is 0 Å². The fourth-order valence-corrected chi connectivity index (χ4v) is 3.07. The Morgan fingerprint density at radius 1 is 1.07 bits per heavy atom. The second kappa shape index (κ2) is 11.1. The molecule has 2 rings (SSSR count). The Bertz CT molecular complexity index is 805. The van der Waals surface area contributed by atoms with Crippen molar-refractivity contribution in [3.8, 4) is 11.5 Å². The average Bonchev–Trinajstić information content (AvgIpc) is 2.72. The molecule has 1 N–H and O–H groups in total. The summed E-state index contributed by atoms with van der Waals surface area (Å²) in [6.07, 6.45) is 0.512. The number of nitrogens with zero attached hydrogens (tertiary/aromatic N) is 1. The summed E-state index contributed by atoms with van der Waals surface area (Å²) in [7, 11) is 1.61. The molecule has 6 heteroatoms. The highest BCUT2D eigenvalue weighted by Crippen LogP contribution is 2.17. The number of carbonyl (C=O) groups excluding carboxylic acids is 2. The second-order valence-corrected chi connectivity index (χ2v) is 6.79. The third kappa shape index (κ3) is 6.52. The van der Waals surface area contributed by atoms with Crippen LogP contribution in [0.1, 0.15) is 31.4 Å². The molecule has 2 amide bonds. The molecule has 2 aromatic carbocycles. The van der Waals surface area contributed by atoms with Crippen molar-refractivity contribution in [1.29, 1.82) is 0 Å². The van der Waals surface area contributed by atoms with Crippen LogP contribution in [0.2, 0.25) is 0 Å². The van der Waals surface area contributed by atoms with Gasteiger partial charge in [0.2, 0.25) is 5.91 Å².